The third-order valence-electron chi connectivity index (χ3n) is 12.5. The Kier molecular flexibility index (Phi) is 8.53. The van der Waals surface area contributed by atoms with Gasteiger partial charge in [0.25, 0.3) is 0 Å². The summed E-state index contributed by atoms with van der Waals surface area (Å²) < 4.78 is 4.83. The SMILES string of the molecule is c1ccc(-c2ccc(-n3c4ccc(-c5cc(-c6ccccc6)cc(-c6ccccc6)c5)cc4c4cc(-c5ccc6c7ccccc7n(-c7ccccc7)c6c5)ccc43)cc2)cc1. The fourth-order valence-electron chi connectivity index (χ4n) is 9.49. The molecule has 0 unspecified atom stereocenters. The monoisotopic (exact) mass is 788 g/mol. The molecule has 0 saturated carbocycles. The molecule has 2 heteroatoms. The van der Waals surface area contributed by atoms with E-state index >= 15 is 0 Å². The summed E-state index contributed by atoms with van der Waals surface area (Å²) in [6, 6.07) is 88.5. The van der Waals surface area contributed by atoms with Gasteiger partial charge in [0.05, 0.1) is 22.1 Å². The quantitative estimate of drug-likeness (QED) is 0.152. The van der Waals surface area contributed by atoms with Gasteiger partial charge in [0.15, 0.2) is 0 Å². The van der Waals surface area contributed by atoms with Gasteiger partial charge in [0.2, 0.25) is 0 Å². The van der Waals surface area contributed by atoms with Gasteiger partial charge in [-0.3, -0.25) is 0 Å². The van der Waals surface area contributed by atoms with Crippen molar-refractivity contribution in [1.29, 1.82) is 0 Å². The van der Waals surface area contributed by atoms with Gasteiger partial charge in [-0.15, -0.1) is 0 Å². The van der Waals surface area contributed by atoms with E-state index in [0.29, 0.717) is 0 Å². The Balaban J connectivity index is 1.07. The summed E-state index contributed by atoms with van der Waals surface area (Å²) >= 11 is 0. The van der Waals surface area contributed by atoms with Crippen LogP contribution in [0.1, 0.15) is 0 Å². The Labute approximate surface area is 360 Å². The highest BCUT2D eigenvalue weighted by atomic mass is 15.0. The largest absolute Gasteiger partial charge is 0.309 e. The first-order valence-electron chi connectivity index (χ1n) is 21.3. The van der Waals surface area contributed by atoms with Gasteiger partial charge in [0.1, 0.15) is 0 Å². The molecule has 62 heavy (non-hydrogen) atoms. The zero-order valence-corrected chi connectivity index (χ0v) is 34.0. The molecule has 2 heterocycles. The second-order valence-electron chi connectivity index (χ2n) is 16.2. The lowest BCUT2D eigenvalue weighted by molar-refractivity contribution is 1.18. The summed E-state index contributed by atoms with van der Waals surface area (Å²) in [6.45, 7) is 0. The predicted octanol–water partition coefficient (Wildman–Crippen LogP) is 16.2. The van der Waals surface area contributed by atoms with Gasteiger partial charge in [-0.1, -0.05) is 164 Å². The zero-order chi connectivity index (χ0) is 41.0. The van der Waals surface area contributed by atoms with Crippen molar-refractivity contribution in [2.45, 2.75) is 0 Å². The van der Waals surface area contributed by atoms with Crippen LogP contribution in [-0.4, -0.2) is 9.13 Å². The number of benzene rings is 10. The molecule has 10 aromatic carbocycles. The van der Waals surface area contributed by atoms with Crippen LogP contribution >= 0.6 is 0 Å². The molecule has 12 aromatic rings. The molecule has 2 aromatic heterocycles. The maximum Gasteiger partial charge on any atom is 0.0547 e. The van der Waals surface area contributed by atoms with E-state index in [1.54, 1.807) is 0 Å². The lowest BCUT2D eigenvalue weighted by Gasteiger charge is -2.12. The molecule has 0 radical (unpaired) electrons. The van der Waals surface area contributed by atoms with Crippen LogP contribution in [0.25, 0.3) is 111 Å². The highest BCUT2D eigenvalue weighted by Gasteiger charge is 2.18. The summed E-state index contributed by atoms with van der Waals surface area (Å²) in [5.41, 5.74) is 19.0. The Morgan fingerprint density at radius 3 is 1.11 bits per heavy atom. The number of fused-ring (bicyclic) bond motifs is 6. The Morgan fingerprint density at radius 1 is 0.177 bits per heavy atom. The molecule has 0 bridgehead atoms. The molecule has 0 saturated heterocycles. The van der Waals surface area contributed by atoms with E-state index in [1.165, 1.54) is 99.2 Å². The normalized spacial score (nSPS) is 11.5. The lowest BCUT2D eigenvalue weighted by Crippen LogP contribution is -1.94. The third-order valence-corrected chi connectivity index (χ3v) is 12.5. The summed E-state index contributed by atoms with van der Waals surface area (Å²) in [6.07, 6.45) is 0. The van der Waals surface area contributed by atoms with Crippen molar-refractivity contribution >= 4 is 43.6 Å². The minimum absolute atomic E-state index is 1.14. The van der Waals surface area contributed by atoms with E-state index < -0.39 is 0 Å². The fourth-order valence-corrected chi connectivity index (χ4v) is 9.49. The van der Waals surface area contributed by atoms with Gasteiger partial charge in [0, 0.05) is 32.9 Å². The summed E-state index contributed by atoms with van der Waals surface area (Å²) in [4.78, 5) is 0. The van der Waals surface area contributed by atoms with Crippen LogP contribution in [0.4, 0.5) is 0 Å². The molecule has 290 valence electrons. The van der Waals surface area contributed by atoms with Gasteiger partial charge in [-0.25, -0.2) is 0 Å². The number of aromatic nitrogens is 2. The van der Waals surface area contributed by atoms with E-state index in [-0.39, 0.29) is 0 Å². The molecule has 2 nitrogen and oxygen atoms in total. The highest BCUT2D eigenvalue weighted by Crippen LogP contribution is 2.41. The summed E-state index contributed by atoms with van der Waals surface area (Å²) in [5, 5.41) is 4.95. The van der Waals surface area contributed by atoms with Crippen molar-refractivity contribution in [1.82, 2.24) is 9.13 Å². The van der Waals surface area contributed by atoms with Gasteiger partial charge in [-0.2, -0.15) is 0 Å². The molecule has 0 aliphatic rings. The lowest BCUT2D eigenvalue weighted by atomic mass is 9.93. The maximum atomic E-state index is 2.43. The topological polar surface area (TPSA) is 9.86 Å². The van der Waals surface area contributed by atoms with Crippen molar-refractivity contribution in [3.63, 3.8) is 0 Å². The average molecular weight is 789 g/mol. The molecule has 0 amide bonds. The van der Waals surface area contributed by atoms with E-state index in [1.807, 2.05) is 0 Å². The third kappa shape index (κ3) is 6.12. The Morgan fingerprint density at radius 2 is 0.532 bits per heavy atom. The molecule has 0 aliphatic heterocycles. The van der Waals surface area contributed by atoms with Crippen LogP contribution < -0.4 is 0 Å². The van der Waals surface area contributed by atoms with Crippen molar-refractivity contribution in [2.75, 3.05) is 0 Å². The molecule has 0 N–H and O–H groups in total. The van der Waals surface area contributed by atoms with Crippen LogP contribution in [-0.2, 0) is 0 Å². The molecule has 12 rings (SSSR count). The van der Waals surface area contributed by atoms with Crippen molar-refractivity contribution in [2.24, 2.45) is 0 Å². The zero-order valence-electron chi connectivity index (χ0n) is 34.0. The van der Waals surface area contributed by atoms with Gasteiger partial charge < -0.3 is 9.13 Å². The molecule has 0 spiro atoms. The summed E-state index contributed by atoms with van der Waals surface area (Å²) in [7, 11) is 0. The molecular weight excluding hydrogens is 749 g/mol. The number of para-hydroxylation sites is 2. The Hall–Kier alpha value is -8.20. The van der Waals surface area contributed by atoms with Crippen LogP contribution in [0.5, 0.6) is 0 Å². The highest BCUT2D eigenvalue weighted by molar-refractivity contribution is 6.13. The predicted molar refractivity (Wildman–Crippen MR) is 262 cm³/mol. The molecule has 0 atom stereocenters. The standard InChI is InChI=1S/C60H40N2/c1-5-15-41(16-6-1)44-25-30-52(31-26-44)61-58-33-28-45(47-27-32-54-53-23-13-14-24-57(53)62(60(54)40-47)51-21-11-4-12-22-51)38-55(58)56-39-46(29-34-59(56)61)50-36-48(42-17-7-2-8-18-42)35-49(37-50)43-19-9-3-10-20-43/h1-40H. The molecule has 0 fully saturated rings. The summed E-state index contributed by atoms with van der Waals surface area (Å²) in [5.74, 6) is 0. The maximum absolute atomic E-state index is 2.43. The van der Waals surface area contributed by atoms with E-state index in [4.69, 9.17) is 0 Å². The van der Waals surface area contributed by atoms with Crippen molar-refractivity contribution in [3.8, 4) is 67.0 Å². The van der Waals surface area contributed by atoms with Gasteiger partial charge in [-0.05, 0) is 134 Å². The first-order chi connectivity index (χ1) is 30.7. The van der Waals surface area contributed by atoms with Crippen LogP contribution in [0.3, 0.4) is 0 Å². The number of nitrogens with zero attached hydrogens (tertiary/aromatic N) is 2. The van der Waals surface area contributed by atoms with E-state index in [0.717, 1.165) is 11.4 Å². The minimum Gasteiger partial charge on any atom is -0.309 e. The molecular formula is C60H40N2. The average Bonchev–Trinajstić information content (AvgIpc) is 3.86. The van der Waals surface area contributed by atoms with Crippen LogP contribution in [0.2, 0.25) is 0 Å². The van der Waals surface area contributed by atoms with Gasteiger partial charge >= 0.3 is 0 Å². The van der Waals surface area contributed by atoms with Crippen LogP contribution in [0.15, 0.2) is 243 Å². The second kappa shape index (κ2) is 14.8. The molecule has 0 aliphatic carbocycles. The number of rotatable bonds is 7. The van der Waals surface area contributed by atoms with Crippen molar-refractivity contribution in [3.05, 3.63) is 243 Å². The fraction of sp³-hybridized carbons (Fsp3) is 0. The van der Waals surface area contributed by atoms with Crippen LogP contribution in [0, 0.1) is 0 Å². The minimum atomic E-state index is 1.14. The second-order valence-corrected chi connectivity index (χ2v) is 16.2. The van der Waals surface area contributed by atoms with Crippen molar-refractivity contribution < 1.29 is 0 Å². The van der Waals surface area contributed by atoms with E-state index in [9.17, 15) is 0 Å². The first-order valence-corrected chi connectivity index (χ1v) is 21.3. The first kappa shape index (κ1) is 35.7. The van der Waals surface area contributed by atoms with E-state index in [2.05, 4.69) is 252 Å². The number of hydrogen-bond donors (Lipinski definition) is 0. The number of hydrogen-bond acceptors (Lipinski definition) is 0. The smallest absolute Gasteiger partial charge is 0.0547 e. The Bertz CT molecular complexity index is 3520.